The van der Waals surface area contributed by atoms with E-state index >= 15 is 0 Å². The highest BCUT2D eigenvalue weighted by atomic mass is 35.5. The Balaban J connectivity index is 1.95. The lowest BCUT2D eigenvalue weighted by Gasteiger charge is -2.06. The molecule has 0 saturated heterocycles. The van der Waals surface area contributed by atoms with Gasteiger partial charge in [-0.3, -0.25) is 0 Å². The number of hydrogen-bond acceptors (Lipinski definition) is 3. The second kappa shape index (κ2) is 4.51. The van der Waals surface area contributed by atoms with Crippen LogP contribution in [0.2, 0.25) is 5.02 Å². The zero-order valence-corrected chi connectivity index (χ0v) is 10.8. The first-order valence-electron chi connectivity index (χ1n) is 5.63. The Morgan fingerprint density at radius 1 is 1.32 bits per heavy atom. The van der Waals surface area contributed by atoms with E-state index in [1.54, 1.807) is 12.3 Å². The van der Waals surface area contributed by atoms with Crippen LogP contribution in [0.25, 0.3) is 11.0 Å². The summed E-state index contributed by atoms with van der Waals surface area (Å²) >= 11 is 5.72. The van der Waals surface area contributed by atoms with Crippen molar-refractivity contribution in [1.29, 1.82) is 0 Å². The quantitative estimate of drug-likeness (QED) is 0.779. The number of aryl methyl sites for hydroxylation is 1. The molecule has 6 heteroatoms. The number of rotatable bonds is 2. The Labute approximate surface area is 113 Å². The molecule has 1 aromatic carbocycles. The summed E-state index contributed by atoms with van der Waals surface area (Å²) in [6.45, 7) is 0. The van der Waals surface area contributed by atoms with Gasteiger partial charge in [0, 0.05) is 30.5 Å². The second-order valence-electron chi connectivity index (χ2n) is 4.15. The fraction of sp³-hybridized carbons (Fsp3) is 0.0769. The van der Waals surface area contributed by atoms with Gasteiger partial charge in [-0.05, 0) is 24.3 Å². The van der Waals surface area contributed by atoms with Crippen molar-refractivity contribution in [1.82, 2.24) is 14.5 Å². The summed E-state index contributed by atoms with van der Waals surface area (Å²) in [7, 11) is 1.91. The van der Waals surface area contributed by atoms with Crippen LogP contribution in [-0.2, 0) is 7.05 Å². The maximum absolute atomic E-state index is 13.1. The molecule has 0 atom stereocenters. The Kier molecular flexibility index (Phi) is 2.83. The molecule has 19 heavy (non-hydrogen) atoms. The van der Waals surface area contributed by atoms with Gasteiger partial charge in [-0.1, -0.05) is 11.6 Å². The number of anilines is 2. The average molecular weight is 277 g/mol. The number of nitrogens with zero attached hydrogens (tertiary/aromatic N) is 3. The highest BCUT2D eigenvalue weighted by molar-refractivity contribution is 6.31. The predicted molar refractivity (Wildman–Crippen MR) is 73.2 cm³/mol. The normalized spacial score (nSPS) is 10.9. The molecule has 0 fully saturated rings. The largest absolute Gasteiger partial charge is 0.335 e. The zero-order valence-electron chi connectivity index (χ0n) is 10.1. The third-order valence-corrected chi connectivity index (χ3v) is 3.07. The van der Waals surface area contributed by atoms with Crippen LogP contribution in [0, 0.1) is 5.82 Å². The molecular formula is C13H10ClFN4. The van der Waals surface area contributed by atoms with Crippen molar-refractivity contribution in [2.75, 3.05) is 5.32 Å². The second-order valence-corrected chi connectivity index (χ2v) is 4.56. The van der Waals surface area contributed by atoms with Gasteiger partial charge in [-0.2, -0.15) is 4.98 Å². The number of nitrogens with one attached hydrogen (secondary N) is 1. The molecular weight excluding hydrogens is 267 g/mol. The molecule has 0 radical (unpaired) electrons. The Morgan fingerprint density at radius 3 is 2.95 bits per heavy atom. The molecule has 0 unspecified atom stereocenters. The van der Waals surface area contributed by atoms with E-state index in [1.807, 2.05) is 23.9 Å². The van der Waals surface area contributed by atoms with Crippen LogP contribution in [0.5, 0.6) is 0 Å². The number of fused-ring (bicyclic) bond motifs is 1. The molecule has 3 aromatic rings. The number of aromatic nitrogens is 3. The molecule has 4 nitrogen and oxygen atoms in total. The van der Waals surface area contributed by atoms with Crippen molar-refractivity contribution in [3.63, 3.8) is 0 Å². The summed E-state index contributed by atoms with van der Waals surface area (Å²) in [4.78, 5) is 8.58. The summed E-state index contributed by atoms with van der Waals surface area (Å²) in [6.07, 6.45) is 3.65. The van der Waals surface area contributed by atoms with Gasteiger partial charge in [0.25, 0.3) is 0 Å². The highest BCUT2D eigenvalue weighted by Crippen LogP contribution is 2.22. The van der Waals surface area contributed by atoms with Crippen molar-refractivity contribution in [2.24, 2.45) is 7.05 Å². The van der Waals surface area contributed by atoms with Crippen LogP contribution >= 0.6 is 11.6 Å². The number of benzene rings is 1. The Bertz CT molecular complexity index is 753. The maximum Gasteiger partial charge on any atom is 0.229 e. The standard InChI is InChI=1S/C13H10ClFN4/c1-19-5-4-8-7-16-13(18-12(8)19)17-9-2-3-11(15)10(14)6-9/h2-7H,1H3,(H,16,17,18). The van der Waals surface area contributed by atoms with Gasteiger partial charge >= 0.3 is 0 Å². The minimum absolute atomic E-state index is 0.0601. The minimum atomic E-state index is -0.453. The van der Waals surface area contributed by atoms with E-state index in [-0.39, 0.29) is 5.02 Å². The monoisotopic (exact) mass is 276 g/mol. The van der Waals surface area contributed by atoms with Crippen molar-refractivity contribution in [2.45, 2.75) is 0 Å². The fourth-order valence-corrected chi connectivity index (χ4v) is 1.99. The molecule has 3 rings (SSSR count). The van der Waals surface area contributed by atoms with Gasteiger partial charge in [0.2, 0.25) is 5.95 Å². The molecule has 0 aliphatic rings. The van der Waals surface area contributed by atoms with E-state index in [2.05, 4.69) is 15.3 Å². The lowest BCUT2D eigenvalue weighted by molar-refractivity contribution is 0.628. The summed E-state index contributed by atoms with van der Waals surface area (Å²) in [6, 6.07) is 6.31. The van der Waals surface area contributed by atoms with Crippen molar-refractivity contribution >= 4 is 34.3 Å². The lowest BCUT2D eigenvalue weighted by atomic mass is 10.3. The van der Waals surface area contributed by atoms with Gasteiger partial charge in [0.1, 0.15) is 11.5 Å². The van der Waals surface area contributed by atoms with Gasteiger partial charge in [-0.25, -0.2) is 9.37 Å². The Morgan fingerprint density at radius 2 is 2.16 bits per heavy atom. The van der Waals surface area contributed by atoms with Crippen LogP contribution in [0.15, 0.2) is 36.7 Å². The lowest BCUT2D eigenvalue weighted by Crippen LogP contribution is -1.98. The first kappa shape index (κ1) is 11.9. The Hall–Kier alpha value is -2.14. The third kappa shape index (κ3) is 2.24. The maximum atomic E-state index is 13.1. The molecule has 0 saturated carbocycles. The van der Waals surface area contributed by atoms with E-state index in [1.165, 1.54) is 12.1 Å². The van der Waals surface area contributed by atoms with Crippen LogP contribution < -0.4 is 5.32 Å². The average Bonchev–Trinajstić information content (AvgIpc) is 2.76. The van der Waals surface area contributed by atoms with E-state index in [9.17, 15) is 4.39 Å². The summed E-state index contributed by atoms with van der Waals surface area (Å²) in [5, 5.41) is 4.02. The van der Waals surface area contributed by atoms with Crippen LogP contribution in [0.1, 0.15) is 0 Å². The fourth-order valence-electron chi connectivity index (χ4n) is 1.81. The van der Waals surface area contributed by atoms with Crippen LogP contribution in [-0.4, -0.2) is 14.5 Å². The van der Waals surface area contributed by atoms with Gasteiger partial charge in [0.15, 0.2) is 0 Å². The van der Waals surface area contributed by atoms with Crippen molar-refractivity contribution in [3.05, 3.63) is 47.5 Å². The van der Waals surface area contributed by atoms with Crippen molar-refractivity contribution < 1.29 is 4.39 Å². The molecule has 2 heterocycles. The smallest absolute Gasteiger partial charge is 0.229 e. The molecule has 0 bridgehead atoms. The van der Waals surface area contributed by atoms with E-state index in [4.69, 9.17) is 11.6 Å². The minimum Gasteiger partial charge on any atom is -0.335 e. The SMILES string of the molecule is Cn1ccc2cnc(Nc3ccc(F)c(Cl)c3)nc21. The first-order chi connectivity index (χ1) is 9.13. The molecule has 0 aliphatic heterocycles. The molecule has 0 aliphatic carbocycles. The van der Waals surface area contributed by atoms with Crippen LogP contribution in [0.4, 0.5) is 16.0 Å². The van der Waals surface area contributed by atoms with E-state index in [0.717, 1.165) is 11.0 Å². The molecule has 0 amide bonds. The topological polar surface area (TPSA) is 42.7 Å². The summed E-state index contributed by atoms with van der Waals surface area (Å²) in [5.41, 5.74) is 1.46. The predicted octanol–water partition coefficient (Wildman–Crippen LogP) is 3.50. The van der Waals surface area contributed by atoms with Gasteiger partial charge < -0.3 is 9.88 Å². The first-order valence-corrected chi connectivity index (χ1v) is 6.01. The third-order valence-electron chi connectivity index (χ3n) is 2.78. The van der Waals surface area contributed by atoms with Crippen molar-refractivity contribution in [3.8, 4) is 0 Å². The molecule has 96 valence electrons. The number of hydrogen-bond donors (Lipinski definition) is 1. The van der Waals surface area contributed by atoms with Crippen LogP contribution in [0.3, 0.4) is 0 Å². The van der Waals surface area contributed by atoms with Gasteiger partial charge in [0.05, 0.1) is 5.02 Å². The van der Waals surface area contributed by atoms with Gasteiger partial charge in [-0.15, -0.1) is 0 Å². The molecule has 1 N–H and O–H groups in total. The summed E-state index contributed by atoms with van der Waals surface area (Å²) in [5.74, 6) is -0.0111. The van der Waals surface area contributed by atoms with E-state index in [0.29, 0.717) is 11.6 Å². The summed E-state index contributed by atoms with van der Waals surface area (Å²) < 4.78 is 15.0. The zero-order chi connectivity index (χ0) is 13.4. The highest BCUT2D eigenvalue weighted by Gasteiger charge is 2.05. The van der Waals surface area contributed by atoms with E-state index < -0.39 is 5.82 Å². The number of halogens is 2. The molecule has 0 spiro atoms. The molecule has 2 aromatic heterocycles.